The van der Waals surface area contributed by atoms with Crippen molar-refractivity contribution in [1.82, 2.24) is 5.32 Å². The maximum atomic E-state index is 6.28. The minimum atomic E-state index is 0.483. The second-order valence-corrected chi connectivity index (χ2v) is 6.14. The van der Waals surface area contributed by atoms with Gasteiger partial charge in [-0.3, -0.25) is 0 Å². The van der Waals surface area contributed by atoms with E-state index in [1.54, 1.807) is 0 Å². The van der Waals surface area contributed by atoms with Gasteiger partial charge in [-0.15, -0.1) is 0 Å². The molecule has 0 aromatic heterocycles. The zero-order chi connectivity index (χ0) is 14.7. The lowest BCUT2D eigenvalue weighted by Crippen LogP contribution is -2.16. The first-order valence-electron chi connectivity index (χ1n) is 7.10. The normalized spacial score (nSPS) is 14.2. The van der Waals surface area contributed by atoms with E-state index < -0.39 is 0 Å². The molecule has 3 rings (SSSR count). The van der Waals surface area contributed by atoms with Gasteiger partial charge in [-0.2, -0.15) is 0 Å². The maximum Gasteiger partial charge on any atom is 0.142 e. The van der Waals surface area contributed by atoms with E-state index >= 15 is 0 Å². The molecule has 0 aliphatic heterocycles. The SMILES string of the molecule is Clc1ccc(COc2c(Cl)cccc2CNC2CC2)cc1. The van der Waals surface area contributed by atoms with Crippen molar-refractivity contribution < 1.29 is 4.74 Å². The molecule has 1 saturated carbocycles. The zero-order valence-corrected chi connectivity index (χ0v) is 13.1. The maximum absolute atomic E-state index is 6.28. The average Bonchev–Trinajstić information content (AvgIpc) is 3.30. The summed E-state index contributed by atoms with van der Waals surface area (Å²) < 4.78 is 5.93. The highest BCUT2D eigenvalue weighted by Gasteiger charge is 2.21. The first-order chi connectivity index (χ1) is 10.2. The van der Waals surface area contributed by atoms with Crippen LogP contribution in [-0.2, 0) is 13.2 Å². The highest BCUT2D eigenvalue weighted by molar-refractivity contribution is 6.32. The lowest BCUT2D eigenvalue weighted by atomic mass is 10.2. The molecule has 110 valence electrons. The smallest absolute Gasteiger partial charge is 0.142 e. The summed E-state index contributed by atoms with van der Waals surface area (Å²) in [5.74, 6) is 0.766. The summed E-state index contributed by atoms with van der Waals surface area (Å²) in [6, 6.07) is 14.2. The van der Waals surface area contributed by atoms with Crippen LogP contribution in [0.25, 0.3) is 0 Å². The molecule has 1 aliphatic rings. The third-order valence-corrected chi connectivity index (χ3v) is 4.05. The van der Waals surface area contributed by atoms with E-state index in [0.29, 0.717) is 17.7 Å². The summed E-state index contributed by atoms with van der Waals surface area (Å²) in [6.45, 7) is 1.28. The number of halogens is 2. The second-order valence-electron chi connectivity index (χ2n) is 5.30. The van der Waals surface area contributed by atoms with E-state index in [-0.39, 0.29) is 0 Å². The Kier molecular flexibility index (Phi) is 4.69. The van der Waals surface area contributed by atoms with E-state index in [9.17, 15) is 0 Å². The fraction of sp³-hybridized carbons (Fsp3) is 0.294. The summed E-state index contributed by atoms with van der Waals surface area (Å²) in [7, 11) is 0. The van der Waals surface area contributed by atoms with E-state index in [2.05, 4.69) is 11.4 Å². The number of hydrogen-bond acceptors (Lipinski definition) is 2. The molecule has 2 aromatic carbocycles. The zero-order valence-electron chi connectivity index (χ0n) is 11.6. The van der Waals surface area contributed by atoms with Crippen LogP contribution in [0.2, 0.25) is 10.0 Å². The van der Waals surface area contributed by atoms with Crippen molar-refractivity contribution in [3.05, 3.63) is 63.6 Å². The van der Waals surface area contributed by atoms with Crippen molar-refractivity contribution in [2.45, 2.75) is 32.0 Å². The summed E-state index contributed by atoms with van der Waals surface area (Å²) in [5.41, 5.74) is 2.17. The van der Waals surface area contributed by atoms with Crippen molar-refractivity contribution in [2.75, 3.05) is 0 Å². The Balaban J connectivity index is 1.69. The predicted octanol–water partition coefficient (Wildman–Crippen LogP) is 4.82. The molecule has 0 heterocycles. The molecule has 21 heavy (non-hydrogen) atoms. The molecule has 0 unspecified atom stereocenters. The molecule has 2 nitrogen and oxygen atoms in total. The minimum Gasteiger partial charge on any atom is -0.487 e. The van der Waals surface area contributed by atoms with Crippen LogP contribution in [0, 0.1) is 0 Å². The topological polar surface area (TPSA) is 21.3 Å². The molecular formula is C17H17Cl2NO. The van der Waals surface area contributed by atoms with Gasteiger partial charge in [0.1, 0.15) is 12.4 Å². The molecule has 1 aliphatic carbocycles. The number of ether oxygens (including phenoxy) is 1. The van der Waals surface area contributed by atoms with Gasteiger partial charge in [0, 0.05) is 23.2 Å². The van der Waals surface area contributed by atoms with E-state index in [0.717, 1.165) is 28.4 Å². The fourth-order valence-corrected chi connectivity index (χ4v) is 2.51. The van der Waals surface area contributed by atoms with Gasteiger partial charge in [0.25, 0.3) is 0 Å². The van der Waals surface area contributed by atoms with Gasteiger partial charge in [-0.25, -0.2) is 0 Å². The molecule has 4 heteroatoms. The van der Waals surface area contributed by atoms with Crippen LogP contribution in [0.3, 0.4) is 0 Å². The fourth-order valence-electron chi connectivity index (χ4n) is 2.13. The number of para-hydroxylation sites is 1. The van der Waals surface area contributed by atoms with Crippen molar-refractivity contribution in [2.24, 2.45) is 0 Å². The largest absolute Gasteiger partial charge is 0.487 e. The lowest BCUT2D eigenvalue weighted by Gasteiger charge is -2.14. The highest BCUT2D eigenvalue weighted by Crippen LogP contribution is 2.30. The summed E-state index contributed by atoms with van der Waals surface area (Å²) in [6.07, 6.45) is 2.53. The van der Waals surface area contributed by atoms with Crippen LogP contribution >= 0.6 is 23.2 Å². The Morgan fingerprint density at radius 2 is 1.81 bits per heavy atom. The quantitative estimate of drug-likeness (QED) is 0.823. The Morgan fingerprint density at radius 1 is 1.05 bits per heavy atom. The molecule has 0 atom stereocenters. The number of hydrogen-bond donors (Lipinski definition) is 1. The highest BCUT2D eigenvalue weighted by atomic mass is 35.5. The van der Waals surface area contributed by atoms with Gasteiger partial charge in [0.2, 0.25) is 0 Å². The predicted molar refractivity (Wildman–Crippen MR) is 87.1 cm³/mol. The number of benzene rings is 2. The molecule has 0 amide bonds. The summed E-state index contributed by atoms with van der Waals surface area (Å²) >= 11 is 12.2. The van der Waals surface area contributed by atoms with Gasteiger partial charge in [-0.05, 0) is 36.6 Å². The Hall–Kier alpha value is -1.22. The van der Waals surface area contributed by atoms with Crippen LogP contribution < -0.4 is 10.1 Å². The van der Waals surface area contributed by atoms with Crippen molar-refractivity contribution in [3.63, 3.8) is 0 Å². The van der Waals surface area contributed by atoms with Gasteiger partial charge in [-0.1, -0.05) is 47.5 Å². The van der Waals surface area contributed by atoms with Gasteiger partial charge in [0.15, 0.2) is 0 Å². The van der Waals surface area contributed by atoms with Crippen molar-refractivity contribution in [3.8, 4) is 5.75 Å². The first-order valence-corrected chi connectivity index (χ1v) is 7.86. The van der Waals surface area contributed by atoms with Gasteiger partial charge < -0.3 is 10.1 Å². The van der Waals surface area contributed by atoms with E-state index in [1.165, 1.54) is 12.8 Å². The Bertz CT molecular complexity index is 609. The molecule has 2 aromatic rings. The number of nitrogens with one attached hydrogen (secondary N) is 1. The number of rotatable bonds is 6. The van der Waals surface area contributed by atoms with Gasteiger partial charge >= 0.3 is 0 Å². The summed E-state index contributed by atoms with van der Waals surface area (Å²) in [5, 5.41) is 4.87. The molecule has 1 N–H and O–H groups in total. The molecule has 0 radical (unpaired) electrons. The van der Waals surface area contributed by atoms with Crippen LogP contribution in [0.15, 0.2) is 42.5 Å². The van der Waals surface area contributed by atoms with Gasteiger partial charge in [0.05, 0.1) is 5.02 Å². The van der Waals surface area contributed by atoms with E-state index in [1.807, 2.05) is 36.4 Å². The molecule has 0 saturated heterocycles. The third kappa shape index (κ3) is 4.13. The van der Waals surface area contributed by atoms with Crippen LogP contribution in [-0.4, -0.2) is 6.04 Å². The van der Waals surface area contributed by atoms with Crippen LogP contribution in [0.1, 0.15) is 24.0 Å². The standard InChI is InChI=1S/C17H17Cl2NO/c18-14-6-4-12(5-7-14)11-21-17-13(2-1-3-16(17)19)10-20-15-8-9-15/h1-7,15,20H,8-11H2. The summed E-state index contributed by atoms with van der Waals surface area (Å²) in [4.78, 5) is 0. The van der Waals surface area contributed by atoms with Crippen LogP contribution in [0.4, 0.5) is 0 Å². The first kappa shape index (κ1) is 14.7. The second kappa shape index (κ2) is 6.69. The molecule has 0 bridgehead atoms. The van der Waals surface area contributed by atoms with Crippen molar-refractivity contribution in [1.29, 1.82) is 0 Å². The Labute approximate surface area is 135 Å². The van der Waals surface area contributed by atoms with E-state index in [4.69, 9.17) is 27.9 Å². The minimum absolute atomic E-state index is 0.483. The molecule has 1 fully saturated rings. The third-order valence-electron chi connectivity index (χ3n) is 3.50. The molecular weight excluding hydrogens is 305 g/mol. The average molecular weight is 322 g/mol. The lowest BCUT2D eigenvalue weighted by molar-refractivity contribution is 0.302. The van der Waals surface area contributed by atoms with Crippen molar-refractivity contribution >= 4 is 23.2 Å². The van der Waals surface area contributed by atoms with Crippen LogP contribution in [0.5, 0.6) is 5.75 Å². The molecule has 0 spiro atoms. The monoisotopic (exact) mass is 321 g/mol. The Morgan fingerprint density at radius 3 is 2.52 bits per heavy atom.